The third kappa shape index (κ3) is 1.94. The Balaban J connectivity index is 2.37. The summed E-state index contributed by atoms with van der Waals surface area (Å²) in [6.45, 7) is 0. The summed E-state index contributed by atoms with van der Waals surface area (Å²) in [5, 5.41) is 4.08. The highest BCUT2D eigenvalue weighted by Crippen LogP contribution is 2.21. The summed E-state index contributed by atoms with van der Waals surface area (Å²) >= 11 is 0. The molecule has 0 aliphatic heterocycles. The molecule has 5 heteroatoms. The predicted molar refractivity (Wildman–Crippen MR) is 55.6 cm³/mol. The largest absolute Gasteiger partial charge is 0.319 e. The standard InChI is InChI=1S/C11H11F2N3/c1-16-5-4-10(15-16)11(14)8-3-2-7(12)6-9(8)13/h2-6,11H,14H2,1H3. The van der Waals surface area contributed by atoms with E-state index < -0.39 is 17.7 Å². The van der Waals surface area contributed by atoms with Crippen molar-refractivity contribution in [1.29, 1.82) is 0 Å². The summed E-state index contributed by atoms with van der Waals surface area (Å²) in [7, 11) is 1.75. The van der Waals surface area contributed by atoms with Crippen LogP contribution in [0.25, 0.3) is 0 Å². The van der Waals surface area contributed by atoms with Gasteiger partial charge in [0.1, 0.15) is 11.6 Å². The predicted octanol–water partition coefficient (Wildman–Crippen LogP) is 1.75. The number of rotatable bonds is 2. The first-order chi connectivity index (χ1) is 7.58. The maximum absolute atomic E-state index is 13.4. The minimum atomic E-state index is -0.679. The minimum Gasteiger partial charge on any atom is -0.319 e. The van der Waals surface area contributed by atoms with Gasteiger partial charge in [-0.25, -0.2) is 8.78 Å². The number of nitrogens with zero attached hydrogens (tertiary/aromatic N) is 2. The van der Waals surface area contributed by atoms with Gasteiger partial charge in [-0.1, -0.05) is 6.07 Å². The molecule has 1 unspecified atom stereocenters. The third-order valence-corrected chi connectivity index (χ3v) is 2.35. The lowest BCUT2D eigenvalue weighted by atomic mass is 10.0. The van der Waals surface area contributed by atoms with E-state index in [2.05, 4.69) is 5.10 Å². The van der Waals surface area contributed by atoms with Crippen LogP contribution < -0.4 is 5.73 Å². The van der Waals surface area contributed by atoms with Gasteiger partial charge in [-0.2, -0.15) is 5.10 Å². The van der Waals surface area contributed by atoms with Crippen LogP contribution in [0.5, 0.6) is 0 Å². The summed E-state index contributed by atoms with van der Waals surface area (Å²) in [6.07, 6.45) is 1.72. The van der Waals surface area contributed by atoms with Gasteiger partial charge >= 0.3 is 0 Å². The van der Waals surface area contributed by atoms with Crippen LogP contribution in [0.4, 0.5) is 8.78 Å². The Kier molecular flexibility index (Phi) is 2.70. The van der Waals surface area contributed by atoms with E-state index in [1.165, 1.54) is 12.1 Å². The molecular formula is C11H11F2N3. The third-order valence-electron chi connectivity index (χ3n) is 2.35. The molecule has 0 aliphatic carbocycles. The van der Waals surface area contributed by atoms with Crippen molar-refractivity contribution in [2.75, 3.05) is 0 Å². The summed E-state index contributed by atoms with van der Waals surface area (Å²) in [6, 6.07) is 4.36. The quantitative estimate of drug-likeness (QED) is 0.842. The first kappa shape index (κ1) is 10.8. The molecule has 2 rings (SSSR count). The van der Waals surface area contributed by atoms with Crippen LogP contribution in [0, 0.1) is 11.6 Å². The second-order valence-corrected chi connectivity index (χ2v) is 3.56. The maximum Gasteiger partial charge on any atom is 0.131 e. The fourth-order valence-electron chi connectivity index (χ4n) is 1.51. The van der Waals surface area contributed by atoms with Crippen molar-refractivity contribution in [1.82, 2.24) is 9.78 Å². The summed E-state index contributed by atoms with van der Waals surface area (Å²) in [5.41, 5.74) is 6.63. The average Bonchev–Trinajstić information content (AvgIpc) is 2.64. The number of benzene rings is 1. The van der Waals surface area contributed by atoms with Crippen molar-refractivity contribution >= 4 is 0 Å². The minimum absolute atomic E-state index is 0.236. The van der Waals surface area contributed by atoms with E-state index in [0.29, 0.717) is 5.69 Å². The molecule has 0 amide bonds. The van der Waals surface area contributed by atoms with E-state index >= 15 is 0 Å². The molecule has 2 aromatic rings. The monoisotopic (exact) mass is 223 g/mol. The Morgan fingerprint density at radius 2 is 2.06 bits per heavy atom. The molecule has 16 heavy (non-hydrogen) atoms. The fourth-order valence-corrected chi connectivity index (χ4v) is 1.51. The highest BCUT2D eigenvalue weighted by molar-refractivity contribution is 5.28. The number of hydrogen-bond acceptors (Lipinski definition) is 2. The molecule has 0 saturated heterocycles. The Morgan fingerprint density at radius 1 is 1.31 bits per heavy atom. The van der Waals surface area contributed by atoms with Gasteiger partial charge in [0.25, 0.3) is 0 Å². The second-order valence-electron chi connectivity index (χ2n) is 3.56. The van der Waals surface area contributed by atoms with Crippen LogP contribution in [-0.2, 0) is 7.05 Å². The van der Waals surface area contributed by atoms with E-state index in [-0.39, 0.29) is 5.56 Å². The molecule has 0 spiro atoms. The molecule has 84 valence electrons. The lowest BCUT2D eigenvalue weighted by molar-refractivity contribution is 0.563. The lowest BCUT2D eigenvalue weighted by Crippen LogP contribution is -2.14. The molecule has 0 aliphatic rings. The summed E-state index contributed by atoms with van der Waals surface area (Å²) in [5.74, 6) is -1.27. The first-order valence-electron chi connectivity index (χ1n) is 4.78. The fraction of sp³-hybridized carbons (Fsp3) is 0.182. The molecule has 1 atom stereocenters. The zero-order chi connectivity index (χ0) is 11.7. The Hall–Kier alpha value is -1.75. The smallest absolute Gasteiger partial charge is 0.131 e. The second kappa shape index (κ2) is 4.02. The van der Waals surface area contributed by atoms with Crippen LogP contribution in [-0.4, -0.2) is 9.78 Å². The van der Waals surface area contributed by atoms with Crippen molar-refractivity contribution in [2.24, 2.45) is 12.8 Å². The number of hydrogen-bond donors (Lipinski definition) is 1. The molecular weight excluding hydrogens is 212 g/mol. The van der Waals surface area contributed by atoms with Crippen LogP contribution in [0.2, 0.25) is 0 Å². The molecule has 1 aromatic heterocycles. The van der Waals surface area contributed by atoms with E-state index in [1.807, 2.05) is 0 Å². The van der Waals surface area contributed by atoms with Gasteiger partial charge in [-0.05, 0) is 12.1 Å². The zero-order valence-corrected chi connectivity index (χ0v) is 8.69. The maximum atomic E-state index is 13.4. The van der Waals surface area contributed by atoms with Crippen LogP contribution in [0.15, 0.2) is 30.5 Å². The van der Waals surface area contributed by atoms with E-state index in [9.17, 15) is 8.78 Å². The van der Waals surface area contributed by atoms with Gasteiger partial charge in [0.15, 0.2) is 0 Å². The first-order valence-corrected chi connectivity index (χ1v) is 4.78. The normalized spacial score (nSPS) is 12.8. The van der Waals surface area contributed by atoms with Crippen LogP contribution in [0.1, 0.15) is 17.3 Å². The number of aromatic nitrogens is 2. The van der Waals surface area contributed by atoms with Crippen molar-refractivity contribution in [3.63, 3.8) is 0 Å². The highest BCUT2D eigenvalue weighted by Gasteiger charge is 2.16. The van der Waals surface area contributed by atoms with Crippen molar-refractivity contribution in [2.45, 2.75) is 6.04 Å². The number of nitrogens with two attached hydrogens (primary N) is 1. The number of halogens is 2. The average molecular weight is 223 g/mol. The molecule has 3 nitrogen and oxygen atoms in total. The molecule has 0 radical (unpaired) electrons. The van der Waals surface area contributed by atoms with Gasteiger partial charge in [0.05, 0.1) is 11.7 Å². The van der Waals surface area contributed by atoms with Gasteiger partial charge in [-0.3, -0.25) is 4.68 Å². The molecule has 0 fully saturated rings. The Bertz CT molecular complexity index is 508. The van der Waals surface area contributed by atoms with Gasteiger partial charge < -0.3 is 5.73 Å². The SMILES string of the molecule is Cn1ccc(C(N)c2ccc(F)cc2F)n1. The molecule has 0 bridgehead atoms. The van der Waals surface area contributed by atoms with Crippen LogP contribution in [0.3, 0.4) is 0 Å². The molecule has 0 saturated carbocycles. The topological polar surface area (TPSA) is 43.8 Å². The van der Waals surface area contributed by atoms with E-state index in [0.717, 1.165) is 6.07 Å². The van der Waals surface area contributed by atoms with Crippen molar-refractivity contribution < 1.29 is 8.78 Å². The summed E-state index contributed by atoms with van der Waals surface area (Å²) in [4.78, 5) is 0. The summed E-state index contributed by atoms with van der Waals surface area (Å²) < 4.78 is 27.7. The molecule has 1 aromatic carbocycles. The van der Waals surface area contributed by atoms with Crippen molar-refractivity contribution in [3.05, 3.63) is 53.4 Å². The highest BCUT2D eigenvalue weighted by atomic mass is 19.1. The Labute approximate surface area is 91.5 Å². The van der Waals surface area contributed by atoms with Crippen molar-refractivity contribution in [3.8, 4) is 0 Å². The van der Waals surface area contributed by atoms with Gasteiger partial charge in [0, 0.05) is 24.9 Å². The molecule has 2 N–H and O–H groups in total. The van der Waals surface area contributed by atoms with E-state index in [1.54, 1.807) is 24.0 Å². The van der Waals surface area contributed by atoms with Gasteiger partial charge in [0.2, 0.25) is 0 Å². The van der Waals surface area contributed by atoms with E-state index in [4.69, 9.17) is 5.73 Å². The lowest BCUT2D eigenvalue weighted by Gasteiger charge is -2.10. The molecule has 1 heterocycles. The number of aryl methyl sites for hydroxylation is 1. The Morgan fingerprint density at radius 3 is 2.62 bits per heavy atom. The van der Waals surface area contributed by atoms with Gasteiger partial charge in [-0.15, -0.1) is 0 Å². The van der Waals surface area contributed by atoms with Crippen LogP contribution >= 0.6 is 0 Å². The zero-order valence-electron chi connectivity index (χ0n) is 8.69.